The molecule has 0 bridgehead atoms. The summed E-state index contributed by atoms with van der Waals surface area (Å²) < 4.78 is 5.20. The quantitative estimate of drug-likeness (QED) is 0.821. The average Bonchev–Trinajstić information content (AvgIpc) is 2.53. The number of halogens is 1. The van der Waals surface area contributed by atoms with E-state index in [2.05, 4.69) is 5.32 Å². The SMILES string of the molecule is COc1cccc(C(C)(CC(=O)O)NC(=O)c2ccc(Cl)cc2C)c1. The number of rotatable bonds is 6. The summed E-state index contributed by atoms with van der Waals surface area (Å²) in [7, 11) is 1.53. The second-order valence-electron chi connectivity index (χ2n) is 6.05. The van der Waals surface area contributed by atoms with Crippen LogP contribution in [0.1, 0.15) is 34.8 Å². The topological polar surface area (TPSA) is 75.6 Å². The molecule has 5 nitrogen and oxygen atoms in total. The van der Waals surface area contributed by atoms with Crippen molar-refractivity contribution in [1.82, 2.24) is 5.32 Å². The van der Waals surface area contributed by atoms with Crippen LogP contribution in [-0.2, 0) is 10.3 Å². The summed E-state index contributed by atoms with van der Waals surface area (Å²) in [6.07, 6.45) is -0.265. The van der Waals surface area contributed by atoms with Crippen LogP contribution in [0.4, 0.5) is 0 Å². The lowest BCUT2D eigenvalue weighted by molar-refractivity contribution is -0.138. The maximum Gasteiger partial charge on any atom is 0.306 e. The third-order valence-corrected chi connectivity index (χ3v) is 4.27. The predicted molar refractivity (Wildman–Crippen MR) is 96.3 cm³/mol. The molecule has 0 saturated heterocycles. The number of ether oxygens (including phenoxy) is 1. The van der Waals surface area contributed by atoms with Crippen LogP contribution in [0.3, 0.4) is 0 Å². The zero-order chi connectivity index (χ0) is 18.6. The van der Waals surface area contributed by atoms with Gasteiger partial charge in [0.25, 0.3) is 5.91 Å². The molecule has 132 valence electrons. The van der Waals surface area contributed by atoms with E-state index < -0.39 is 11.5 Å². The molecule has 0 heterocycles. The Morgan fingerprint density at radius 2 is 1.96 bits per heavy atom. The third kappa shape index (κ3) is 4.51. The molecule has 2 N–H and O–H groups in total. The molecule has 0 fully saturated rings. The number of nitrogens with one attached hydrogen (secondary N) is 1. The normalized spacial score (nSPS) is 13.0. The summed E-state index contributed by atoms with van der Waals surface area (Å²) >= 11 is 5.93. The molecule has 0 aromatic heterocycles. The van der Waals surface area contributed by atoms with E-state index in [9.17, 15) is 14.7 Å². The molecular weight excluding hydrogens is 342 g/mol. The van der Waals surface area contributed by atoms with Crippen LogP contribution in [-0.4, -0.2) is 24.1 Å². The Morgan fingerprint density at radius 3 is 2.56 bits per heavy atom. The third-order valence-electron chi connectivity index (χ3n) is 4.03. The molecule has 0 radical (unpaired) electrons. The molecule has 1 unspecified atom stereocenters. The van der Waals surface area contributed by atoms with E-state index in [-0.39, 0.29) is 12.3 Å². The number of carbonyl (C=O) groups is 2. The van der Waals surface area contributed by atoms with Gasteiger partial charge >= 0.3 is 5.97 Å². The number of hydrogen-bond acceptors (Lipinski definition) is 3. The standard InChI is InChI=1S/C19H20ClNO4/c1-12-9-14(20)7-8-16(12)18(24)21-19(2,11-17(22)23)13-5-4-6-15(10-13)25-3/h4-10H,11H2,1-3H3,(H,21,24)(H,22,23). The monoisotopic (exact) mass is 361 g/mol. The van der Waals surface area contributed by atoms with E-state index in [0.717, 1.165) is 0 Å². The molecular formula is C19H20ClNO4. The highest BCUT2D eigenvalue weighted by Gasteiger charge is 2.32. The fourth-order valence-electron chi connectivity index (χ4n) is 2.69. The molecule has 0 aliphatic rings. The number of amides is 1. The molecule has 25 heavy (non-hydrogen) atoms. The fraction of sp³-hybridized carbons (Fsp3) is 0.263. The van der Waals surface area contributed by atoms with Gasteiger partial charge in [-0.2, -0.15) is 0 Å². The Kier molecular flexibility index (Phi) is 5.69. The largest absolute Gasteiger partial charge is 0.497 e. The van der Waals surface area contributed by atoms with E-state index in [1.165, 1.54) is 7.11 Å². The van der Waals surface area contributed by atoms with Crippen molar-refractivity contribution in [1.29, 1.82) is 0 Å². The number of carbonyl (C=O) groups excluding carboxylic acids is 1. The summed E-state index contributed by atoms with van der Waals surface area (Å²) in [5.41, 5.74) is 0.718. The van der Waals surface area contributed by atoms with Crippen molar-refractivity contribution in [3.05, 3.63) is 64.2 Å². The number of carboxylic acids is 1. The minimum absolute atomic E-state index is 0.265. The Morgan fingerprint density at radius 1 is 1.24 bits per heavy atom. The van der Waals surface area contributed by atoms with Gasteiger partial charge in [-0.15, -0.1) is 0 Å². The van der Waals surface area contributed by atoms with Crippen molar-refractivity contribution >= 4 is 23.5 Å². The van der Waals surface area contributed by atoms with Gasteiger partial charge in [-0.1, -0.05) is 23.7 Å². The first kappa shape index (κ1) is 18.8. The molecule has 0 saturated carbocycles. The summed E-state index contributed by atoms with van der Waals surface area (Å²) in [5, 5.41) is 12.7. The summed E-state index contributed by atoms with van der Waals surface area (Å²) in [4.78, 5) is 24.1. The van der Waals surface area contributed by atoms with Crippen LogP contribution in [0, 0.1) is 6.92 Å². The van der Waals surface area contributed by atoms with E-state index in [0.29, 0.717) is 27.5 Å². The van der Waals surface area contributed by atoms with Crippen molar-refractivity contribution in [2.24, 2.45) is 0 Å². The zero-order valence-corrected chi connectivity index (χ0v) is 15.1. The smallest absolute Gasteiger partial charge is 0.306 e. The molecule has 2 rings (SSSR count). The van der Waals surface area contributed by atoms with Gasteiger partial charge in [0.1, 0.15) is 5.75 Å². The van der Waals surface area contributed by atoms with Crippen molar-refractivity contribution in [3.63, 3.8) is 0 Å². The molecule has 1 atom stereocenters. The van der Waals surface area contributed by atoms with E-state index >= 15 is 0 Å². The van der Waals surface area contributed by atoms with Crippen LogP contribution in [0.5, 0.6) is 5.75 Å². The van der Waals surface area contributed by atoms with Crippen LogP contribution in [0.15, 0.2) is 42.5 Å². The number of carboxylic acid groups (broad SMARTS) is 1. The number of aliphatic carboxylic acids is 1. The van der Waals surface area contributed by atoms with Gasteiger partial charge in [0.15, 0.2) is 0 Å². The maximum absolute atomic E-state index is 12.7. The van der Waals surface area contributed by atoms with Gasteiger partial charge in [0.2, 0.25) is 0 Å². The van der Waals surface area contributed by atoms with Crippen molar-refractivity contribution in [2.75, 3.05) is 7.11 Å². The molecule has 1 amide bonds. The molecule has 0 aliphatic carbocycles. The van der Waals surface area contributed by atoms with Gasteiger partial charge in [-0.25, -0.2) is 0 Å². The Balaban J connectivity index is 2.39. The highest BCUT2D eigenvalue weighted by Crippen LogP contribution is 2.28. The summed E-state index contributed by atoms with van der Waals surface area (Å²) in [6, 6.07) is 11.9. The molecule has 0 spiro atoms. The number of methoxy groups -OCH3 is 1. The van der Waals surface area contributed by atoms with Gasteiger partial charge in [-0.3, -0.25) is 9.59 Å². The highest BCUT2D eigenvalue weighted by molar-refractivity contribution is 6.30. The molecule has 0 aliphatic heterocycles. The van der Waals surface area contributed by atoms with Crippen LogP contribution >= 0.6 is 11.6 Å². The van der Waals surface area contributed by atoms with Gasteiger partial charge < -0.3 is 15.2 Å². The number of benzene rings is 2. The van der Waals surface area contributed by atoms with E-state index in [1.54, 1.807) is 56.3 Å². The lowest BCUT2D eigenvalue weighted by Gasteiger charge is -2.30. The minimum atomic E-state index is -1.09. The minimum Gasteiger partial charge on any atom is -0.497 e. The highest BCUT2D eigenvalue weighted by atomic mass is 35.5. The number of aryl methyl sites for hydroxylation is 1. The Labute approximate surface area is 151 Å². The van der Waals surface area contributed by atoms with Crippen molar-refractivity contribution in [2.45, 2.75) is 25.8 Å². The maximum atomic E-state index is 12.7. The lowest BCUT2D eigenvalue weighted by Crippen LogP contribution is -2.45. The van der Waals surface area contributed by atoms with E-state index in [4.69, 9.17) is 16.3 Å². The lowest BCUT2D eigenvalue weighted by atomic mass is 9.87. The van der Waals surface area contributed by atoms with Crippen LogP contribution < -0.4 is 10.1 Å². The van der Waals surface area contributed by atoms with Crippen LogP contribution in [0.2, 0.25) is 5.02 Å². The Hall–Kier alpha value is -2.53. The van der Waals surface area contributed by atoms with Crippen LogP contribution in [0.25, 0.3) is 0 Å². The van der Waals surface area contributed by atoms with Crippen molar-refractivity contribution < 1.29 is 19.4 Å². The first-order valence-electron chi connectivity index (χ1n) is 7.70. The molecule has 2 aromatic rings. The van der Waals surface area contributed by atoms with Gasteiger partial charge in [0.05, 0.1) is 19.1 Å². The Bertz CT molecular complexity index is 806. The van der Waals surface area contributed by atoms with Gasteiger partial charge in [-0.05, 0) is 55.3 Å². The van der Waals surface area contributed by atoms with Crippen molar-refractivity contribution in [3.8, 4) is 5.75 Å². The number of hydrogen-bond donors (Lipinski definition) is 2. The fourth-order valence-corrected chi connectivity index (χ4v) is 2.91. The second-order valence-corrected chi connectivity index (χ2v) is 6.48. The first-order chi connectivity index (χ1) is 11.7. The van der Waals surface area contributed by atoms with E-state index in [1.807, 2.05) is 0 Å². The molecule has 6 heteroatoms. The zero-order valence-electron chi connectivity index (χ0n) is 14.3. The average molecular weight is 362 g/mol. The predicted octanol–water partition coefficient (Wildman–Crippen LogP) is 3.78. The summed E-state index contributed by atoms with van der Waals surface area (Å²) in [6.45, 7) is 3.46. The summed E-state index contributed by atoms with van der Waals surface area (Å²) in [5.74, 6) is -0.787. The molecule has 2 aromatic carbocycles. The first-order valence-corrected chi connectivity index (χ1v) is 8.08. The van der Waals surface area contributed by atoms with Gasteiger partial charge in [0, 0.05) is 10.6 Å². The second kappa shape index (κ2) is 7.57.